The minimum absolute atomic E-state index is 0.0296. The second kappa shape index (κ2) is 6.26. The van der Waals surface area contributed by atoms with Crippen LogP contribution in [0.25, 0.3) is 5.69 Å². The van der Waals surface area contributed by atoms with Gasteiger partial charge in [-0.25, -0.2) is 9.67 Å². The van der Waals surface area contributed by atoms with Crippen LogP contribution in [0, 0.1) is 5.41 Å². The van der Waals surface area contributed by atoms with E-state index in [1.165, 1.54) is 0 Å². The number of benzene rings is 1. The second-order valence-electron chi connectivity index (χ2n) is 7.55. The number of aliphatic hydroxyl groups is 1. The van der Waals surface area contributed by atoms with Gasteiger partial charge >= 0.3 is 0 Å². The van der Waals surface area contributed by atoms with Crippen molar-refractivity contribution in [3.8, 4) is 5.69 Å². The average molecular weight is 340 g/mol. The van der Waals surface area contributed by atoms with Crippen molar-refractivity contribution in [1.29, 1.82) is 0 Å². The molecule has 1 aromatic heterocycles. The summed E-state index contributed by atoms with van der Waals surface area (Å²) >= 11 is 0. The lowest BCUT2D eigenvalue weighted by atomic mass is 9.86. The van der Waals surface area contributed by atoms with E-state index < -0.39 is 0 Å². The number of carbonyl (C=O) groups is 1. The number of hydrogen-bond acceptors (Lipinski definition) is 4. The van der Waals surface area contributed by atoms with E-state index in [0.29, 0.717) is 5.92 Å². The maximum absolute atomic E-state index is 12.7. The summed E-state index contributed by atoms with van der Waals surface area (Å²) in [6.07, 6.45) is 5.02. The number of nitrogens with zero attached hydrogens (tertiary/aromatic N) is 3. The zero-order chi connectivity index (χ0) is 17.4. The molecular weight excluding hydrogens is 316 g/mol. The van der Waals surface area contributed by atoms with Crippen LogP contribution >= 0.6 is 0 Å². The van der Waals surface area contributed by atoms with Crippen molar-refractivity contribution >= 4 is 5.91 Å². The van der Waals surface area contributed by atoms with Crippen LogP contribution in [0.3, 0.4) is 0 Å². The molecule has 132 valence electrons. The van der Waals surface area contributed by atoms with Gasteiger partial charge in [0.1, 0.15) is 5.82 Å². The predicted octanol–water partition coefficient (Wildman–Crippen LogP) is 2.43. The first-order chi connectivity index (χ1) is 12.1. The van der Waals surface area contributed by atoms with Crippen molar-refractivity contribution in [1.82, 2.24) is 20.1 Å². The minimum Gasteiger partial charge on any atom is -0.396 e. The van der Waals surface area contributed by atoms with Gasteiger partial charge in [-0.3, -0.25) is 4.79 Å². The van der Waals surface area contributed by atoms with Crippen LogP contribution in [0.4, 0.5) is 0 Å². The van der Waals surface area contributed by atoms with Gasteiger partial charge in [-0.2, -0.15) is 0 Å². The fourth-order valence-corrected chi connectivity index (χ4v) is 3.68. The molecule has 2 aromatic rings. The largest absolute Gasteiger partial charge is 0.396 e. The molecule has 0 saturated heterocycles. The summed E-state index contributed by atoms with van der Waals surface area (Å²) in [6.45, 7) is 2.10. The monoisotopic (exact) mass is 340 g/mol. The van der Waals surface area contributed by atoms with E-state index in [2.05, 4.69) is 15.4 Å². The first kappa shape index (κ1) is 16.3. The van der Waals surface area contributed by atoms with Crippen LogP contribution in [0.15, 0.2) is 30.3 Å². The van der Waals surface area contributed by atoms with Gasteiger partial charge in [0, 0.05) is 17.4 Å². The summed E-state index contributed by atoms with van der Waals surface area (Å²) in [5.74, 6) is 1.23. The Morgan fingerprint density at radius 3 is 2.76 bits per heavy atom. The molecule has 2 atom stereocenters. The molecule has 0 radical (unpaired) electrons. The molecule has 4 rings (SSSR count). The Morgan fingerprint density at radius 1 is 1.32 bits per heavy atom. The Morgan fingerprint density at radius 2 is 2.08 bits per heavy atom. The molecule has 2 N–H and O–H groups in total. The van der Waals surface area contributed by atoms with E-state index in [1.54, 1.807) is 4.68 Å². The van der Waals surface area contributed by atoms with E-state index >= 15 is 0 Å². The molecule has 6 heteroatoms. The summed E-state index contributed by atoms with van der Waals surface area (Å²) in [5.41, 5.74) is 0.675. The molecule has 1 amide bonds. The highest BCUT2D eigenvalue weighted by molar-refractivity contribution is 5.90. The summed E-state index contributed by atoms with van der Waals surface area (Å²) < 4.78 is 1.80. The molecule has 25 heavy (non-hydrogen) atoms. The van der Waals surface area contributed by atoms with Crippen molar-refractivity contribution < 1.29 is 9.90 Å². The molecule has 0 bridgehead atoms. The highest BCUT2D eigenvalue weighted by Crippen LogP contribution is 2.40. The van der Waals surface area contributed by atoms with Gasteiger partial charge in [-0.15, -0.1) is 5.10 Å². The number of rotatable bonds is 5. The number of aromatic nitrogens is 3. The number of amides is 1. The Bertz CT molecular complexity index is 769. The van der Waals surface area contributed by atoms with Gasteiger partial charge in [0.2, 0.25) is 5.82 Å². The molecule has 1 aromatic carbocycles. The van der Waals surface area contributed by atoms with Gasteiger partial charge < -0.3 is 10.4 Å². The lowest BCUT2D eigenvalue weighted by molar-refractivity contribution is 0.0821. The topological polar surface area (TPSA) is 80.0 Å². The molecule has 2 unspecified atom stereocenters. The van der Waals surface area contributed by atoms with Crippen molar-refractivity contribution in [2.24, 2.45) is 5.41 Å². The van der Waals surface area contributed by atoms with Gasteiger partial charge in [0.15, 0.2) is 0 Å². The molecule has 2 fully saturated rings. The fraction of sp³-hybridized carbons (Fsp3) is 0.526. The molecule has 0 aliphatic heterocycles. The van der Waals surface area contributed by atoms with Gasteiger partial charge in [0.05, 0.1) is 12.3 Å². The zero-order valence-electron chi connectivity index (χ0n) is 14.5. The maximum atomic E-state index is 12.7. The standard InChI is InChI=1S/C19H24N4O2/c1-19(12-24)11-5-8-15(19)20-18(25)16-21-17(13-9-10-13)23(22-16)14-6-3-2-4-7-14/h2-4,6-7,13,15,24H,5,8-12H2,1H3,(H,20,25). The molecule has 1 heterocycles. The SMILES string of the molecule is CC1(CO)CCCC1NC(=O)c1nc(C2CC2)n(-c2ccccc2)n1. The van der Waals surface area contributed by atoms with E-state index in [4.69, 9.17) is 0 Å². The molecule has 2 aliphatic rings. The summed E-state index contributed by atoms with van der Waals surface area (Å²) in [5, 5.41) is 17.2. The highest BCUT2D eigenvalue weighted by Gasteiger charge is 2.40. The molecule has 0 spiro atoms. The third kappa shape index (κ3) is 3.06. The van der Waals surface area contributed by atoms with Crippen LogP contribution in [-0.2, 0) is 0 Å². The van der Waals surface area contributed by atoms with Crippen molar-refractivity contribution in [2.75, 3.05) is 6.61 Å². The molecule has 2 saturated carbocycles. The summed E-state index contributed by atoms with van der Waals surface area (Å²) in [6, 6.07) is 9.79. The number of para-hydroxylation sites is 1. The number of aliphatic hydroxyl groups excluding tert-OH is 1. The molecule has 2 aliphatic carbocycles. The maximum Gasteiger partial charge on any atom is 0.291 e. The van der Waals surface area contributed by atoms with E-state index in [1.807, 2.05) is 37.3 Å². The van der Waals surface area contributed by atoms with E-state index in [-0.39, 0.29) is 29.8 Å². The number of nitrogens with one attached hydrogen (secondary N) is 1. The lowest BCUT2D eigenvalue weighted by Gasteiger charge is -2.29. The quantitative estimate of drug-likeness (QED) is 0.876. The third-order valence-electron chi connectivity index (χ3n) is 5.53. The first-order valence-electron chi connectivity index (χ1n) is 9.05. The Kier molecular flexibility index (Phi) is 4.07. The number of hydrogen-bond donors (Lipinski definition) is 2. The Labute approximate surface area is 147 Å². The van der Waals surface area contributed by atoms with Crippen LogP contribution in [-0.4, -0.2) is 38.4 Å². The van der Waals surface area contributed by atoms with E-state index in [0.717, 1.165) is 43.6 Å². The normalized spacial score (nSPS) is 25.9. The minimum atomic E-state index is -0.253. The van der Waals surface area contributed by atoms with E-state index in [9.17, 15) is 9.90 Å². The molecular formula is C19H24N4O2. The highest BCUT2D eigenvalue weighted by atomic mass is 16.3. The lowest BCUT2D eigenvalue weighted by Crippen LogP contribution is -2.45. The predicted molar refractivity (Wildman–Crippen MR) is 93.6 cm³/mol. The van der Waals surface area contributed by atoms with Crippen LogP contribution < -0.4 is 5.32 Å². The van der Waals surface area contributed by atoms with Gasteiger partial charge in [-0.1, -0.05) is 31.5 Å². The average Bonchev–Trinajstić information content (AvgIpc) is 3.28. The van der Waals surface area contributed by atoms with Gasteiger partial charge in [-0.05, 0) is 37.8 Å². The van der Waals surface area contributed by atoms with Crippen molar-refractivity contribution in [2.45, 2.75) is 51.0 Å². The summed E-state index contributed by atoms with van der Waals surface area (Å²) in [7, 11) is 0. The van der Waals surface area contributed by atoms with Crippen molar-refractivity contribution in [3.05, 3.63) is 42.0 Å². The van der Waals surface area contributed by atoms with Gasteiger partial charge in [0.25, 0.3) is 5.91 Å². The first-order valence-corrected chi connectivity index (χ1v) is 9.05. The smallest absolute Gasteiger partial charge is 0.291 e. The molecule has 6 nitrogen and oxygen atoms in total. The third-order valence-corrected chi connectivity index (χ3v) is 5.53. The van der Waals surface area contributed by atoms with Crippen LogP contribution in [0.5, 0.6) is 0 Å². The Balaban J connectivity index is 1.59. The van der Waals surface area contributed by atoms with Crippen molar-refractivity contribution in [3.63, 3.8) is 0 Å². The summed E-state index contributed by atoms with van der Waals surface area (Å²) in [4.78, 5) is 17.3. The second-order valence-corrected chi connectivity index (χ2v) is 7.55. The van der Waals surface area contributed by atoms with Crippen LogP contribution in [0.2, 0.25) is 0 Å². The fourth-order valence-electron chi connectivity index (χ4n) is 3.68. The number of carbonyl (C=O) groups excluding carboxylic acids is 1. The van der Waals surface area contributed by atoms with Crippen LogP contribution in [0.1, 0.15) is 61.4 Å². The Hall–Kier alpha value is -2.21. The zero-order valence-corrected chi connectivity index (χ0v) is 14.5.